The third-order valence-corrected chi connectivity index (χ3v) is 4.53. The molecule has 2 aromatic carbocycles. The normalized spacial score (nSPS) is 17.0. The van der Waals surface area contributed by atoms with E-state index in [1.54, 1.807) is 20.3 Å². The summed E-state index contributed by atoms with van der Waals surface area (Å²) in [4.78, 5) is 17.2. The summed E-state index contributed by atoms with van der Waals surface area (Å²) in [5.41, 5.74) is 2.83. The largest absolute Gasteiger partial charge is 0.493 e. The molecule has 0 saturated carbocycles. The second-order valence-electron chi connectivity index (χ2n) is 5.43. The van der Waals surface area contributed by atoms with E-state index in [1.807, 2.05) is 49.4 Å². The van der Waals surface area contributed by atoms with Gasteiger partial charge in [0.2, 0.25) is 0 Å². The highest BCUT2D eigenvalue weighted by molar-refractivity contribution is 8.18. The number of rotatable bonds is 4. The average molecular weight is 354 g/mol. The molecule has 2 aromatic rings. The van der Waals surface area contributed by atoms with Crippen molar-refractivity contribution in [2.45, 2.75) is 6.92 Å². The summed E-state index contributed by atoms with van der Waals surface area (Å²) in [6.45, 7) is 2.02. The first kappa shape index (κ1) is 17.1. The summed E-state index contributed by atoms with van der Waals surface area (Å²) < 4.78 is 10.5. The van der Waals surface area contributed by atoms with Crippen LogP contribution in [-0.4, -0.2) is 25.3 Å². The van der Waals surface area contributed by atoms with E-state index in [0.717, 1.165) is 11.3 Å². The molecular weight excluding hydrogens is 336 g/mol. The maximum atomic E-state index is 12.2. The van der Waals surface area contributed by atoms with Crippen LogP contribution in [0.5, 0.6) is 11.5 Å². The van der Waals surface area contributed by atoms with Crippen molar-refractivity contribution in [1.82, 2.24) is 5.32 Å². The highest BCUT2D eigenvalue weighted by Gasteiger charge is 2.23. The standard InChI is InChI=1S/C19H18N2O3S/c1-12-4-7-14(8-5-12)20-19-21-18(22)17(25-19)11-13-6-9-15(23-2)16(10-13)24-3/h4-11H,1-3H3,(H,20,21,22)/b17-11-. The lowest BCUT2D eigenvalue weighted by Crippen LogP contribution is -2.19. The van der Waals surface area contributed by atoms with Crippen molar-refractivity contribution in [2.24, 2.45) is 4.99 Å². The minimum Gasteiger partial charge on any atom is -0.493 e. The van der Waals surface area contributed by atoms with E-state index in [2.05, 4.69) is 10.3 Å². The zero-order chi connectivity index (χ0) is 17.8. The molecule has 0 atom stereocenters. The Morgan fingerprint density at radius 3 is 2.44 bits per heavy atom. The fourth-order valence-corrected chi connectivity index (χ4v) is 3.15. The van der Waals surface area contributed by atoms with Gasteiger partial charge in [0.1, 0.15) is 0 Å². The molecule has 0 unspecified atom stereocenters. The van der Waals surface area contributed by atoms with E-state index in [9.17, 15) is 4.79 Å². The molecule has 25 heavy (non-hydrogen) atoms. The lowest BCUT2D eigenvalue weighted by Gasteiger charge is -2.07. The number of carbonyl (C=O) groups excluding carboxylic acids is 1. The summed E-state index contributed by atoms with van der Waals surface area (Å²) in [6, 6.07) is 13.3. The van der Waals surface area contributed by atoms with Gasteiger partial charge in [0.05, 0.1) is 24.8 Å². The Bertz CT molecular complexity index is 857. The molecule has 3 rings (SSSR count). The van der Waals surface area contributed by atoms with Crippen LogP contribution < -0.4 is 14.8 Å². The first-order valence-electron chi connectivity index (χ1n) is 7.67. The topological polar surface area (TPSA) is 59.9 Å². The van der Waals surface area contributed by atoms with Crippen molar-refractivity contribution in [3.63, 3.8) is 0 Å². The van der Waals surface area contributed by atoms with Gasteiger partial charge in [-0.3, -0.25) is 4.79 Å². The molecule has 1 amide bonds. The Morgan fingerprint density at radius 1 is 1.04 bits per heavy atom. The number of carbonyl (C=O) groups is 1. The fraction of sp³-hybridized carbons (Fsp3) is 0.158. The van der Waals surface area contributed by atoms with Gasteiger partial charge in [-0.1, -0.05) is 23.8 Å². The van der Waals surface area contributed by atoms with Gasteiger partial charge in [-0.15, -0.1) is 0 Å². The van der Waals surface area contributed by atoms with Crippen LogP contribution in [0.3, 0.4) is 0 Å². The molecule has 0 aliphatic carbocycles. The predicted octanol–water partition coefficient (Wildman–Crippen LogP) is 3.90. The maximum Gasteiger partial charge on any atom is 0.264 e. The van der Waals surface area contributed by atoms with Gasteiger partial charge in [0.25, 0.3) is 5.91 Å². The summed E-state index contributed by atoms with van der Waals surface area (Å²) in [6.07, 6.45) is 1.81. The molecule has 1 N–H and O–H groups in total. The Morgan fingerprint density at radius 2 is 1.76 bits per heavy atom. The van der Waals surface area contributed by atoms with Crippen LogP contribution in [0.4, 0.5) is 5.69 Å². The molecule has 1 aliphatic heterocycles. The number of aryl methyl sites for hydroxylation is 1. The van der Waals surface area contributed by atoms with Crippen LogP contribution in [0.2, 0.25) is 0 Å². The number of amides is 1. The van der Waals surface area contributed by atoms with Gasteiger partial charge in [-0.05, 0) is 54.6 Å². The Balaban J connectivity index is 1.83. The van der Waals surface area contributed by atoms with E-state index in [4.69, 9.17) is 9.47 Å². The van der Waals surface area contributed by atoms with Crippen molar-refractivity contribution < 1.29 is 14.3 Å². The van der Waals surface area contributed by atoms with Crippen molar-refractivity contribution in [3.05, 3.63) is 58.5 Å². The number of nitrogens with zero attached hydrogens (tertiary/aromatic N) is 1. The number of nitrogens with one attached hydrogen (secondary N) is 1. The number of hydrogen-bond donors (Lipinski definition) is 1. The number of benzene rings is 2. The van der Waals surface area contributed by atoms with Gasteiger partial charge in [-0.2, -0.15) is 0 Å². The predicted molar refractivity (Wildman–Crippen MR) is 102 cm³/mol. The molecule has 1 heterocycles. The summed E-state index contributed by atoms with van der Waals surface area (Å²) in [5, 5.41) is 3.36. The zero-order valence-electron chi connectivity index (χ0n) is 14.2. The van der Waals surface area contributed by atoms with Gasteiger partial charge in [-0.25, -0.2) is 4.99 Å². The van der Waals surface area contributed by atoms with Gasteiger partial charge < -0.3 is 14.8 Å². The number of ether oxygens (including phenoxy) is 2. The van der Waals surface area contributed by atoms with Crippen molar-refractivity contribution >= 4 is 34.6 Å². The van der Waals surface area contributed by atoms with E-state index in [0.29, 0.717) is 21.6 Å². The first-order chi connectivity index (χ1) is 12.1. The lowest BCUT2D eigenvalue weighted by molar-refractivity contribution is -0.115. The molecule has 1 aliphatic rings. The quantitative estimate of drug-likeness (QED) is 0.846. The number of methoxy groups -OCH3 is 2. The third kappa shape index (κ3) is 4.03. The Labute approximate surface area is 150 Å². The molecular formula is C19H18N2O3S. The van der Waals surface area contributed by atoms with E-state index in [-0.39, 0.29) is 5.91 Å². The van der Waals surface area contributed by atoms with Crippen LogP contribution in [-0.2, 0) is 4.79 Å². The van der Waals surface area contributed by atoms with E-state index >= 15 is 0 Å². The van der Waals surface area contributed by atoms with Crippen molar-refractivity contribution in [2.75, 3.05) is 14.2 Å². The minimum absolute atomic E-state index is 0.161. The molecule has 0 spiro atoms. The lowest BCUT2D eigenvalue weighted by atomic mass is 10.2. The molecule has 0 radical (unpaired) electrons. The summed E-state index contributed by atoms with van der Waals surface area (Å²) >= 11 is 1.31. The molecule has 6 heteroatoms. The minimum atomic E-state index is -0.161. The first-order valence-corrected chi connectivity index (χ1v) is 8.49. The molecule has 5 nitrogen and oxygen atoms in total. The number of aliphatic imine (C=N–C) groups is 1. The zero-order valence-corrected chi connectivity index (χ0v) is 15.0. The van der Waals surface area contributed by atoms with Crippen LogP contribution in [0, 0.1) is 6.92 Å². The van der Waals surface area contributed by atoms with Gasteiger partial charge in [0, 0.05) is 0 Å². The average Bonchev–Trinajstić information content (AvgIpc) is 2.96. The smallest absolute Gasteiger partial charge is 0.264 e. The highest BCUT2D eigenvalue weighted by atomic mass is 32.2. The van der Waals surface area contributed by atoms with Crippen molar-refractivity contribution in [1.29, 1.82) is 0 Å². The Hall–Kier alpha value is -2.73. The number of amidine groups is 1. The monoisotopic (exact) mass is 354 g/mol. The highest BCUT2D eigenvalue weighted by Crippen LogP contribution is 2.32. The summed E-state index contributed by atoms with van der Waals surface area (Å²) in [5.74, 6) is 1.11. The third-order valence-electron chi connectivity index (χ3n) is 3.62. The molecule has 1 fully saturated rings. The second-order valence-corrected chi connectivity index (χ2v) is 6.46. The summed E-state index contributed by atoms with van der Waals surface area (Å²) in [7, 11) is 3.17. The molecule has 128 valence electrons. The SMILES string of the molecule is COc1ccc(/C=C2\SC(=Nc3ccc(C)cc3)NC2=O)cc1OC. The van der Waals surface area contributed by atoms with Crippen LogP contribution in [0.15, 0.2) is 52.4 Å². The maximum absolute atomic E-state index is 12.2. The fourth-order valence-electron chi connectivity index (χ4n) is 2.31. The van der Waals surface area contributed by atoms with Crippen LogP contribution in [0.1, 0.15) is 11.1 Å². The van der Waals surface area contributed by atoms with Crippen LogP contribution in [0.25, 0.3) is 6.08 Å². The van der Waals surface area contributed by atoms with E-state index < -0.39 is 0 Å². The number of thioether (sulfide) groups is 1. The second kappa shape index (κ2) is 7.44. The van der Waals surface area contributed by atoms with Gasteiger partial charge >= 0.3 is 0 Å². The Kier molecular flexibility index (Phi) is 5.09. The van der Waals surface area contributed by atoms with Crippen LogP contribution >= 0.6 is 11.8 Å². The van der Waals surface area contributed by atoms with E-state index in [1.165, 1.54) is 17.3 Å². The van der Waals surface area contributed by atoms with Gasteiger partial charge in [0.15, 0.2) is 16.7 Å². The molecule has 0 aromatic heterocycles. The van der Waals surface area contributed by atoms with Crippen molar-refractivity contribution in [3.8, 4) is 11.5 Å². The number of hydrogen-bond acceptors (Lipinski definition) is 5. The molecule has 0 bridgehead atoms. The molecule has 1 saturated heterocycles.